The summed E-state index contributed by atoms with van der Waals surface area (Å²) in [6.07, 6.45) is 0.380. The molecule has 19 heavy (non-hydrogen) atoms. The van der Waals surface area contributed by atoms with Crippen LogP contribution in [0.1, 0.15) is 63.2 Å². The zero-order valence-electron chi connectivity index (χ0n) is 12.4. The molecular formula is C14H24N2O3. The van der Waals surface area contributed by atoms with Gasteiger partial charge in [-0.2, -0.15) is 0 Å². The third-order valence-corrected chi connectivity index (χ3v) is 3.20. The molecule has 0 aliphatic heterocycles. The topological polar surface area (TPSA) is 66.6 Å². The van der Waals surface area contributed by atoms with Gasteiger partial charge in [-0.05, 0) is 27.2 Å². The summed E-state index contributed by atoms with van der Waals surface area (Å²) in [6, 6.07) is 1.70. The lowest BCUT2D eigenvalue weighted by atomic mass is 10.1. The number of aliphatic hydroxyl groups excluding tert-OH is 1. The molecule has 108 valence electrons. The SMILES string of the molecule is CCC(C)c1cc(C(=O)N(CC(C)O)C(C)C)on1. The highest BCUT2D eigenvalue weighted by Crippen LogP contribution is 2.19. The zero-order chi connectivity index (χ0) is 14.6. The fourth-order valence-corrected chi connectivity index (χ4v) is 1.79. The van der Waals surface area contributed by atoms with E-state index in [0.717, 1.165) is 12.1 Å². The molecule has 0 aliphatic carbocycles. The van der Waals surface area contributed by atoms with E-state index in [2.05, 4.69) is 12.1 Å². The number of amides is 1. The second-order valence-corrected chi connectivity index (χ2v) is 5.33. The Morgan fingerprint density at radius 2 is 2.05 bits per heavy atom. The number of carbonyl (C=O) groups is 1. The minimum atomic E-state index is -0.566. The highest BCUT2D eigenvalue weighted by molar-refractivity contribution is 5.91. The smallest absolute Gasteiger partial charge is 0.292 e. The maximum absolute atomic E-state index is 12.3. The van der Waals surface area contributed by atoms with E-state index in [9.17, 15) is 9.90 Å². The normalized spacial score (nSPS) is 14.5. The minimum absolute atomic E-state index is 0.000696. The molecular weight excluding hydrogens is 244 g/mol. The van der Waals surface area contributed by atoms with E-state index in [1.807, 2.05) is 20.8 Å². The number of hydrogen-bond acceptors (Lipinski definition) is 4. The van der Waals surface area contributed by atoms with Crippen LogP contribution >= 0.6 is 0 Å². The maximum Gasteiger partial charge on any atom is 0.292 e. The summed E-state index contributed by atoms with van der Waals surface area (Å²) in [5, 5.41) is 13.4. The van der Waals surface area contributed by atoms with Gasteiger partial charge in [0.05, 0.1) is 11.8 Å². The van der Waals surface area contributed by atoms with Crippen molar-refractivity contribution < 1.29 is 14.4 Å². The second kappa shape index (κ2) is 6.70. The van der Waals surface area contributed by atoms with Crippen molar-refractivity contribution in [2.24, 2.45) is 0 Å². The molecule has 0 fully saturated rings. The fourth-order valence-electron chi connectivity index (χ4n) is 1.79. The van der Waals surface area contributed by atoms with Crippen molar-refractivity contribution in [1.82, 2.24) is 10.1 Å². The van der Waals surface area contributed by atoms with Crippen LogP contribution in [-0.4, -0.2) is 39.8 Å². The molecule has 2 unspecified atom stereocenters. The summed E-state index contributed by atoms with van der Waals surface area (Å²) in [5.41, 5.74) is 0.798. The molecule has 0 aliphatic rings. The molecule has 0 aromatic carbocycles. The Labute approximate surface area is 114 Å². The number of rotatable bonds is 6. The lowest BCUT2D eigenvalue weighted by Crippen LogP contribution is -2.41. The first-order valence-electron chi connectivity index (χ1n) is 6.82. The molecule has 1 N–H and O–H groups in total. The largest absolute Gasteiger partial charge is 0.392 e. The van der Waals surface area contributed by atoms with Gasteiger partial charge in [0.1, 0.15) is 0 Å². The summed E-state index contributed by atoms with van der Waals surface area (Å²) in [4.78, 5) is 13.9. The first-order chi connectivity index (χ1) is 8.86. The van der Waals surface area contributed by atoms with Crippen molar-refractivity contribution in [2.75, 3.05) is 6.54 Å². The van der Waals surface area contributed by atoms with Crippen LogP contribution < -0.4 is 0 Å². The Balaban J connectivity index is 2.87. The van der Waals surface area contributed by atoms with Gasteiger partial charge in [0.15, 0.2) is 0 Å². The lowest BCUT2D eigenvalue weighted by Gasteiger charge is -2.26. The van der Waals surface area contributed by atoms with Crippen LogP contribution in [0.15, 0.2) is 10.6 Å². The molecule has 2 atom stereocenters. The summed E-state index contributed by atoms with van der Waals surface area (Å²) >= 11 is 0. The molecule has 0 bridgehead atoms. The number of aliphatic hydroxyl groups is 1. The second-order valence-electron chi connectivity index (χ2n) is 5.33. The van der Waals surface area contributed by atoms with Crippen molar-refractivity contribution in [2.45, 2.75) is 59.1 Å². The van der Waals surface area contributed by atoms with E-state index < -0.39 is 6.10 Å². The van der Waals surface area contributed by atoms with Gasteiger partial charge in [0.2, 0.25) is 5.76 Å². The lowest BCUT2D eigenvalue weighted by molar-refractivity contribution is 0.0540. The quantitative estimate of drug-likeness (QED) is 0.860. The van der Waals surface area contributed by atoms with E-state index in [4.69, 9.17) is 4.52 Å². The van der Waals surface area contributed by atoms with Gasteiger partial charge in [0.25, 0.3) is 5.91 Å². The van der Waals surface area contributed by atoms with Crippen molar-refractivity contribution in [3.8, 4) is 0 Å². The van der Waals surface area contributed by atoms with Crippen LogP contribution in [0.2, 0.25) is 0 Å². The molecule has 1 amide bonds. The summed E-state index contributed by atoms with van der Waals surface area (Å²) in [5.74, 6) is 0.289. The molecule has 0 spiro atoms. The monoisotopic (exact) mass is 268 g/mol. The molecule has 5 heteroatoms. The van der Waals surface area contributed by atoms with E-state index in [1.165, 1.54) is 0 Å². The Kier molecular flexibility index (Phi) is 5.54. The van der Waals surface area contributed by atoms with Gasteiger partial charge in [-0.15, -0.1) is 0 Å². The van der Waals surface area contributed by atoms with Gasteiger partial charge >= 0.3 is 0 Å². The van der Waals surface area contributed by atoms with Crippen molar-refractivity contribution in [3.05, 3.63) is 17.5 Å². The van der Waals surface area contributed by atoms with E-state index in [-0.39, 0.29) is 30.2 Å². The van der Waals surface area contributed by atoms with Gasteiger partial charge in [0, 0.05) is 24.6 Å². The number of hydrogen-bond donors (Lipinski definition) is 1. The zero-order valence-corrected chi connectivity index (χ0v) is 12.4. The Morgan fingerprint density at radius 3 is 2.53 bits per heavy atom. The van der Waals surface area contributed by atoms with Crippen LogP contribution in [0.25, 0.3) is 0 Å². The molecule has 0 radical (unpaired) electrons. The van der Waals surface area contributed by atoms with Crippen LogP contribution in [-0.2, 0) is 0 Å². The fraction of sp³-hybridized carbons (Fsp3) is 0.714. The molecule has 1 aromatic heterocycles. The first-order valence-corrected chi connectivity index (χ1v) is 6.82. The number of aromatic nitrogens is 1. The van der Waals surface area contributed by atoms with Crippen LogP contribution in [0, 0.1) is 0 Å². The highest BCUT2D eigenvalue weighted by atomic mass is 16.5. The van der Waals surface area contributed by atoms with Gasteiger partial charge in [-0.3, -0.25) is 4.79 Å². The predicted molar refractivity (Wildman–Crippen MR) is 73.1 cm³/mol. The van der Waals surface area contributed by atoms with Crippen molar-refractivity contribution in [1.29, 1.82) is 0 Å². The molecule has 1 heterocycles. The molecule has 5 nitrogen and oxygen atoms in total. The third kappa shape index (κ3) is 4.06. The molecule has 0 saturated heterocycles. The number of carbonyl (C=O) groups excluding carboxylic acids is 1. The predicted octanol–water partition coefficient (Wildman–Crippen LogP) is 2.42. The summed E-state index contributed by atoms with van der Waals surface area (Å²) in [7, 11) is 0. The van der Waals surface area contributed by atoms with Crippen molar-refractivity contribution >= 4 is 5.91 Å². The molecule has 1 aromatic rings. The van der Waals surface area contributed by atoms with E-state index in [1.54, 1.807) is 17.9 Å². The van der Waals surface area contributed by atoms with Crippen molar-refractivity contribution in [3.63, 3.8) is 0 Å². The molecule has 1 rings (SSSR count). The van der Waals surface area contributed by atoms with E-state index >= 15 is 0 Å². The molecule has 0 saturated carbocycles. The van der Waals surface area contributed by atoms with Crippen LogP contribution in [0.5, 0.6) is 0 Å². The third-order valence-electron chi connectivity index (χ3n) is 3.20. The Hall–Kier alpha value is -1.36. The number of nitrogens with zero attached hydrogens (tertiary/aromatic N) is 2. The van der Waals surface area contributed by atoms with Crippen LogP contribution in [0.4, 0.5) is 0 Å². The summed E-state index contributed by atoms with van der Waals surface area (Å²) in [6.45, 7) is 9.87. The first kappa shape index (κ1) is 15.7. The standard InChI is InChI=1S/C14H24N2O3/c1-6-10(4)12-7-13(19-15-12)14(18)16(9(2)3)8-11(5)17/h7,9-11,17H,6,8H2,1-5H3. The highest BCUT2D eigenvalue weighted by Gasteiger charge is 2.24. The van der Waals surface area contributed by atoms with E-state index in [0.29, 0.717) is 0 Å². The Morgan fingerprint density at radius 1 is 1.42 bits per heavy atom. The average molecular weight is 268 g/mol. The Bertz CT molecular complexity index is 413. The van der Waals surface area contributed by atoms with Gasteiger partial charge in [-0.25, -0.2) is 0 Å². The van der Waals surface area contributed by atoms with Gasteiger partial charge in [-0.1, -0.05) is 19.0 Å². The van der Waals surface area contributed by atoms with Gasteiger partial charge < -0.3 is 14.5 Å². The summed E-state index contributed by atoms with van der Waals surface area (Å²) < 4.78 is 5.14. The minimum Gasteiger partial charge on any atom is -0.392 e. The maximum atomic E-state index is 12.3. The van der Waals surface area contributed by atoms with Crippen LogP contribution in [0.3, 0.4) is 0 Å². The average Bonchev–Trinajstić information content (AvgIpc) is 2.83.